The Morgan fingerprint density at radius 2 is 1.82 bits per heavy atom. The summed E-state index contributed by atoms with van der Waals surface area (Å²) in [4.78, 5) is 18.9. The first-order valence-corrected chi connectivity index (χ1v) is 13.3. The highest BCUT2D eigenvalue weighted by atomic mass is 16.5. The average Bonchev–Trinajstić information content (AvgIpc) is 3.38. The molecule has 202 valence electrons. The molecule has 7 nitrogen and oxygen atoms in total. The summed E-state index contributed by atoms with van der Waals surface area (Å²) in [5, 5.41) is 14.2. The number of ether oxygens (including phenoxy) is 1. The van der Waals surface area contributed by atoms with Gasteiger partial charge in [0.05, 0.1) is 6.61 Å². The molecule has 2 heterocycles. The van der Waals surface area contributed by atoms with Gasteiger partial charge in [0.1, 0.15) is 6.04 Å². The van der Waals surface area contributed by atoms with Crippen molar-refractivity contribution in [1.29, 1.82) is 0 Å². The monoisotopic (exact) mass is 525 g/mol. The van der Waals surface area contributed by atoms with Gasteiger partial charge in [-0.15, -0.1) is 0 Å². The number of carboxylic acid groups (broad SMARTS) is 1. The maximum absolute atomic E-state index is 12.1. The first-order valence-electron chi connectivity index (χ1n) is 13.3. The highest BCUT2D eigenvalue weighted by Gasteiger charge is 2.37. The number of aryl methyl sites for hydroxylation is 1. The van der Waals surface area contributed by atoms with Gasteiger partial charge in [0.15, 0.2) is 0 Å². The van der Waals surface area contributed by atoms with Crippen molar-refractivity contribution < 1.29 is 19.2 Å². The molecule has 1 atom stereocenters. The zero-order valence-corrected chi connectivity index (χ0v) is 23.2. The van der Waals surface area contributed by atoms with E-state index < -0.39 is 12.0 Å². The second-order valence-electron chi connectivity index (χ2n) is 11.4. The van der Waals surface area contributed by atoms with Crippen LogP contribution in [0.3, 0.4) is 0 Å². The lowest BCUT2D eigenvalue weighted by Gasteiger charge is -2.39. The molecular weight excluding hydrogens is 490 g/mol. The van der Waals surface area contributed by atoms with Gasteiger partial charge in [-0.1, -0.05) is 68.4 Å². The Morgan fingerprint density at radius 1 is 1.05 bits per heavy atom. The number of carbonyl (C=O) groups is 1. The van der Waals surface area contributed by atoms with Crippen LogP contribution in [-0.2, 0) is 29.1 Å². The smallest absolute Gasteiger partial charge is 0.321 e. The zero-order chi connectivity index (χ0) is 27.7. The highest BCUT2D eigenvalue weighted by molar-refractivity contribution is 5.75. The first-order chi connectivity index (χ1) is 18.7. The third kappa shape index (κ3) is 5.51. The summed E-state index contributed by atoms with van der Waals surface area (Å²) in [5.41, 5.74) is 8.17. The predicted molar refractivity (Wildman–Crippen MR) is 151 cm³/mol. The van der Waals surface area contributed by atoms with Gasteiger partial charge in [0.25, 0.3) is 5.89 Å². The van der Waals surface area contributed by atoms with Gasteiger partial charge >= 0.3 is 5.97 Å². The van der Waals surface area contributed by atoms with Crippen LogP contribution in [0.1, 0.15) is 43.0 Å². The molecule has 1 aliphatic heterocycles. The molecule has 1 aliphatic rings. The summed E-state index contributed by atoms with van der Waals surface area (Å²) in [7, 11) is 1.69. The lowest BCUT2D eigenvalue weighted by molar-refractivity contribution is -0.148. The quantitative estimate of drug-likeness (QED) is 0.299. The van der Waals surface area contributed by atoms with E-state index in [1.54, 1.807) is 7.11 Å². The lowest BCUT2D eigenvalue weighted by Crippen LogP contribution is -2.51. The maximum atomic E-state index is 12.1. The molecule has 0 fully saturated rings. The van der Waals surface area contributed by atoms with Crippen molar-refractivity contribution >= 4 is 5.97 Å². The number of methoxy groups -OCH3 is 1. The summed E-state index contributed by atoms with van der Waals surface area (Å²) in [6.45, 7) is 9.79. The second-order valence-corrected chi connectivity index (χ2v) is 11.4. The number of hydrogen-bond acceptors (Lipinski definition) is 6. The largest absolute Gasteiger partial charge is 0.480 e. The van der Waals surface area contributed by atoms with Gasteiger partial charge in [-0.25, -0.2) is 0 Å². The minimum atomic E-state index is -0.786. The van der Waals surface area contributed by atoms with Crippen LogP contribution in [0.15, 0.2) is 65.2 Å². The van der Waals surface area contributed by atoms with E-state index in [0.717, 1.165) is 40.8 Å². The van der Waals surface area contributed by atoms with E-state index in [2.05, 4.69) is 47.3 Å². The summed E-state index contributed by atoms with van der Waals surface area (Å²) in [6, 6.07) is 20.0. The summed E-state index contributed by atoms with van der Waals surface area (Å²) < 4.78 is 11.2. The van der Waals surface area contributed by atoms with Crippen LogP contribution in [0, 0.1) is 12.3 Å². The first kappa shape index (κ1) is 26.8. The van der Waals surface area contributed by atoms with Crippen LogP contribution in [-0.4, -0.2) is 45.8 Å². The molecule has 0 bridgehead atoms. The third-order valence-electron chi connectivity index (χ3n) is 7.44. The standard InChI is InChI=1S/C32H35N3O4/c1-20-8-6-7-9-26(20)27-13-12-23(17-25(27)19-38-5)30-33-29(34-39-30)22-11-10-21-14-15-35(18-24(21)16-22)28(31(36)37)32(2,3)4/h6-13,16-17,28H,14-15,18-19H2,1-5H3,(H,36,37). The minimum absolute atomic E-state index is 0.375. The van der Waals surface area contributed by atoms with Crippen molar-refractivity contribution in [2.24, 2.45) is 5.41 Å². The number of aromatic nitrogens is 2. The predicted octanol–water partition coefficient (Wildman–Crippen LogP) is 6.38. The Balaban J connectivity index is 1.43. The van der Waals surface area contributed by atoms with Crippen molar-refractivity contribution in [3.05, 3.63) is 82.9 Å². The molecule has 0 saturated carbocycles. The number of carboxylic acids is 1. The molecule has 7 heteroatoms. The molecule has 1 N–H and O–H groups in total. The molecule has 4 aromatic rings. The normalized spacial score (nSPS) is 14.7. The van der Waals surface area contributed by atoms with Crippen molar-refractivity contribution in [1.82, 2.24) is 15.0 Å². The Morgan fingerprint density at radius 3 is 2.54 bits per heavy atom. The molecule has 0 saturated heterocycles. The van der Waals surface area contributed by atoms with E-state index in [9.17, 15) is 9.90 Å². The Kier molecular flexibility index (Phi) is 7.38. The molecule has 0 spiro atoms. The third-order valence-corrected chi connectivity index (χ3v) is 7.44. The SMILES string of the molecule is COCc1cc(-c2nc(-c3ccc4c(c3)CN(C(C(=O)O)C(C)(C)C)CC4)no2)ccc1-c1ccccc1C. The zero-order valence-electron chi connectivity index (χ0n) is 23.2. The van der Waals surface area contributed by atoms with Gasteiger partial charge < -0.3 is 14.4 Å². The number of aliphatic carboxylic acids is 1. The van der Waals surface area contributed by atoms with Gasteiger partial charge in [0.2, 0.25) is 5.82 Å². The molecule has 1 unspecified atom stereocenters. The average molecular weight is 526 g/mol. The van der Waals surface area contributed by atoms with Crippen LogP contribution in [0.4, 0.5) is 0 Å². The van der Waals surface area contributed by atoms with Crippen LogP contribution in [0.25, 0.3) is 34.0 Å². The van der Waals surface area contributed by atoms with E-state index in [-0.39, 0.29) is 5.41 Å². The van der Waals surface area contributed by atoms with Crippen molar-refractivity contribution in [3.8, 4) is 34.0 Å². The van der Waals surface area contributed by atoms with E-state index in [4.69, 9.17) is 14.2 Å². The lowest BCUT2D eigenvalue weighted by atomic mass is 9.84. The van der Waals surface area contributed by atoms with E-state index >= 15 is 0 Å². The number of benzene rings is 3. The molecule has 0 radical (unpaired) electrons. The number of hydrogen-bond donors (Lipinski definition) is 1. The van der Waals surface area contributed by atoms with Gasteiger partial charge in [-0.05, 0) is 70.3 Å². The van der Waals surface area contributed by atoms with Gasteiger partial charge in [-0.2, -0.15) is 4.98 Å². The van der Waals surface area contributed by atoms with Crippen molar-refractivity contribution in [2.75, 3.05) is 13.7 Å². The Labute approximate surface area is 229 Å². The van der Waals surface area contributed by atoms with Crippen LogP contribution in [0.2, 0.25) is 0 Å². The molecule has 0 amide bonds. The van der Waals surface area contributed by atoms with E-state index in [1.807, 2.05) is 51.1 Å². The number of fused-ring (bicyclic) bond motifs is 1. The minimum Gasteiger partial charge on any atom is -0.480 e. The second kappa shape index (κ2) is 10.8. The molecule has 5 rings (SSSR count). The van der Waals surface area contributed by atoms with Gasteiger partial charge in [0, 0.05) is 31.3 Å². The highest BCUT2D eigenvalue weighted by Crippen LogP contribution is 2.34. The number of rotatable bonds is 7. The van der Waals surface area contributed by atoms with Crippen molar-refractivity contribution in [2.45, 2.75) is 53.3 Å². The molecule has 0 aliphatic carbocycles. The number of nitrogens with zero attached hydrogens (tertiary/aromatic N) is 3. The fourth-order valence-corrected chi connectivity index (χ4v) is 5.61. The van der Waals surface area contributed by atoms with Gasteiger partial charge in [-0.3, -0.25) is 9.69 Å². The Bertz CT molecular complexity index is 1500. The van der Waals surface area contributed by atoms with Crippen molar-refractivity contribution in [3.63, 3.8) is 0 Å². The Hall–Kier alpha value is -3.81. The topological polar surface area (TPSA) is 88.7 Å². The summed E-state index contributed by atoms with van der Waals surface area (Å²) in [6.07, 6.45) is 0.808. The van der Waals surface area contributed by atoms with E-state index in [1.165, 1.54) is 16.7 Å². The molecule has 1 aromatic heterocycles. The fraction of sp³-hybridized carbons (Fsp3) is 0.344. The summed E-state index contributed by atoms with van der Waals surface area (Å²) in [5.74, 6) is 0.162. The fourth-order valence-electron chi connectivity index (χ4n) is 5.61. The molecular formula is C32H35N3O4. The van der Waals surface area contributed by atoms with Crippen LogP contribution >= 0.6 is 0 Å². The van der Waals surface area contributed by atoms with Crippen LogP contribution < -0.4 is 0 Å². The maximum Gasteiger partial charge on any atom is 0.321 e. The molecule has 3 aromatic carbocycles. The molecule has 39 heavy (non-hydrogen) atoms. The summed E-state index contributed by atoms with van der Waals surface area (Å²) >= 11 is 0. The van der Waals surface area contributed by atoms with E-state index in [0.29, 0.717) is 24.9 Å². The van der Waals surface area contributed by atoms with Crippen LogP contribution in [0.5, 0.6) is 0 Å².